The van der Waals surface area contributed by atoms with Crippen molar-refractivity contribution in [3.05, 3.63) is 35.9 Å². The largest absolute Gasteiger partial charge is 0.390 e. The fourth-order valence-corrected chi connectivity index (χ4v) is 1.99. The number of rotatable bonds is 8. The van der Waals surface area contributed by atoms with Crippen LogP contribution in [-0.2, 0) is 11.2 Å². The number of likely N-dealkylation sites (N-methyl/N-ethyl adjacent to an activating group) is 1. The van der Waals surface area contributed by atoms with Gasteiger partial charge in [-0.1, -0.05) is 30.3 Å². The van der Waals surface area contributed by atoms with Crippen LogP contribution >= 0.6 is 0 Å². The predicted octanol–water partition coefficient (Wildman–Crippen LogP) is -0.0148. The molecule has 0 aliphatic heterocycles. The van der Waals surface area contributed by atoms with Crippen LogP contribution in [0.4, 0.5) is 0 Å². The van der Waals surface area contributed by atoms with Crippen molar-refractivity contribution in [1.82, 2.24) is 10.2 Å². The van der Waals surface area contributed by atoms with Gasteiger partial charge in [0.25, 0.3) is 0 Å². The van der Waals surface area contributed by atoms with E-state index in [0.29, 0.717) is 25.9 Å². The maximum absolute atomic E-state index is 11.2. The zero-order valence-corrected chi connectivity index (χ0v) is 12.2. The van der Waals surface area contributed by atoms with Gasteiger partial charge in [0.15, 0.2) is 0 Å². The monoisotopic (exact) mass is 279 g/mol. The molecular weight excluding hydrogens is 254 g/mol. The van der Waals surface area contributed by atoms with Gasteiger partial charge in [0, 0.05) is 32.6 Å². The number of nitrogens with two attached hydrogens (primary N) is 1. The Morgan fingerprint density at radius 2 is 2.05 bits per heavy atom. The summed E-state index contributed by atoms with van der Waals surface area (Å²) in [6, 6.07) is 9.58. The Morgan fingerprint density at radius 1 is 1.40 bits per heavy atom. The molecule has 0 spiro atoms. The van der Waals surface area contributed by atoms with Crippen molar-refractivity contribution in [2.75, 3.05) is 27.2 Å². The number of carbonyl (C=O) groups is 1. The molecule has 4 N–H and O–H groups in total. The summed E-state index contributed by atoms with van der Waals surface area (Å²) in [7, 11) is 3.49. The van der Waals surface area contributed by atoms with Gasteiger partial charge < -0.3 is 21.1 Å². The molecule has 5 heteroatoms. The zero-order chi connectivity index (χ0) is 15.0. The third-order valence-corrected chi connectivity index (χ3v) is 3.31. The van der Waals surface area contributed by atoms with E-state index in [2.05, 4.69) is 5.32 Å². The molecule has 1 amide bonds. The molecule has 0 saturated heterocycles. The van der Waals surface area contributed by atoms with E-state index in [4.69, 9.17) is 5.73 Å². The van der Waals surface area contributed by atoms with Crippen molar-refractivity contribution >= 4 is 5.91 Å². The quantitative estimate of drug-likeness (QED) is 0.625. The summed E-state index contributed by atoms with van der Waals surface area (Å²) in [5.41, 5.74) is 7.14. The van der Waals surface area contributed by atoms with Crippen molar-refractivity contribution in [2.24, 2.45) is 5.73 Å². The molecule has 20 heavy (non-hydrogen) atoms. The highest BCUT2D eigenvalue weighted by Crippen LogP contribution is 2.05. The smallest absolute Gasteiger partial charge is 0.221 e. The van der Waals surface area contributed by atoms with Gasteiger partial charge in [-0.25, -0.2) is 0 Å². The highest BCUT2D eigenvalue weighted by atomic mass is 16.3. The molecule has 1 rings (SSSR count). The molecule has 2 atom stereocenters. The lowest BCUT2D eigenvalue weighted by molar-refractivity contribution is -0.120. The van der Waals surface area contributed by atoms with Gasteiger partial charge in [-0.05, 0) is 19.0 Å². The van der Waals surface area contributed by atoms with Crippen LogP contribution in [0.3, 0.4) is 0 Å². The normalized spacial score (nSPS) is 14.1. The second-order valence-corrected chi connectivity index (χ2v) is 5.11. The summed E-state index contributed by atoms with van der Waals surface area (Å²) in [5.74, 6) is -0.0000705. The molecule has 0 bridgehead atoms. The number of hydrogen-bond donors (Lipinski definition) is 3. The van der Waals surface area contributed by atoms with Crippen molar-refractivity contribution in [3.63, 3.8) is 0 Å². The van der Waals surface area contributed by atoms with Crippen LogP contribution in [0.25, 0.3) is 0 Å². The third kappa shape index (κ3) is 6.14. The van der Waals surface area contributed by atoms with Gasteiger partial charge in [-0.2, -0.15) is 0 Å². The second-order valence-electron chi connectivity index (χ2n) is 5.11. The summed E-state index contributed by atoms with van der Waals surface area (Å²) in [4.78, 5) is 13.1. The molecular formula is C15H25N3O2. The molecule has 2 unspecified atom stereocenters. The molecule has 0 aliphatic carbocycles. The Hall–Kier alpha value is -1.43. The average Bonchev–Trinajstić information content (AvgIpc) is 2.45. The van der Waals surface area contributed by atoms with Gasteiger partial charge in [0.1, 0.15) is 0 Å². The summed E-state index contributed by atoms with van der Waals surface area (Å²) in [6.07, 6.45) is 0.462. The van der Waals surface area contributed by atoms with Gasteiger partial charge in [-0.15, -0.1) is 0 Å². The summed E-state index contributed by atoms with van der Waals surface area (Å²) >= 11 is 0. The molecule has 0 fully saturated rings. The topological polar surface area (TPSA) is 78.6 Å². The first-order valence-corrected chi connectivity index (χ1v) is 6.89. The Morgan fingerprint density at radius 3 is 2.65 bits per heavy atom. The SMILES string of the molecule is CNC(=O)CCN(C)CC(O)C(N)Cc1ccccc1. The summed E-state index contributed by atoms with van der Waals surface area (Å²) < 4.78 is 0. The van der Waals surface area contributed by atoms with Crippen molar-refractivity contribution in [3.8, 4) is 0 Å². The third-order valence-electron chi connectivity index (χ3n) is 3.31. The van der Waals surface area contributed by atoms with E-state index in [1.807, 2.05) is 42.3 Å². The second kappa shape index (κ2) is 8.68. The minimum atomic E-state index is -0.607. The Bertz CT molecular complexity index is 397. The first-order chi connectivity index (χ1) is 9.52. The predicted molar refractivity (Wildman–Crippen MR) is 80.3 cm³/mol. The van der Waals surface area contributed by atoms with Crippen molar-refractivity contribution in [2.45, 2.75) is 25.0 Å². The number of nitrogens with zero attached hydrogens (tertiary/aromatic N) is 1. The number of hydrogen-bond acceptors (Lipinski definition) is 4. The van der Waals surface area contributed by atoms with Gasteiger partial charge in [0.05, 0.1) is 6.10 Å². The molecule has 1 aromatic carbocycles. The minimum absolute atomic E-state index is 0.0000705. The van der Waals surface area contributed by atoms with Crippen LogP contribution in [-0.4, -0.2) is 55.2 Å². The molecule has 5 nitrogen and oxygen atoms in total. The lowest BCUT2D eigenvalue weighted by atomic mass is 10.0. The van der Waals surface area contributed by atoms with Gasteiger partial charge in [0.2, 0.25) is 5.91 Å². The maximum Gasteiger partial charge on any atom is 0.221 e. The summed E-state index contributed by atoms with van der Waals surface area (Å²) in [5, 5.41) is 12.7. The fourth-order valence-electron chi connectivity index (χ4n) is 1.99. The van der Waals surface area contributed by atoms with Crippen LogP contribution in [0.5, 0.6) is 0 Å². The minimum Gasteiger partial charge on any atom is -0.390 e. The van der Waals surface area contributed by atoms with Crippen LogP contribution in [0.2, 0.25) is 0 Å². The molecule has 0 aliphatic rings. The molecule has 1 aromatic rings. The number of aliphatic hydroxyl groups is 1. The van der Waals surface area contributed by atoms with Crippen LogP contribution in [0.15, 0.2) is 30.3 Å². The van der Waals surface area contributed by atoms with Gasteiger partial charge in [-0.3, -0.25) is 4.79 Å². The van der Waals surface area contributed by atoms with Crippen LogP contribution < -0.4 is 11.1 Å². The zero-order valence-electron chi connectivity index (χ0n) is 12.2. The van der Waals surface area contributed by atoms with E-state index < -0.39 is 6.10 Å². The fraction of sp³-hybridized carbons (Fsp3) is 0.533. The Labute approximate surface area is 120 Å². The van der Waals surface area contributed by atoms with E-state index in [1.54, 1.807) is 7.05 Å². The maximum atomic E-state index is 11.2. The van der Waals surface area contributed by atoms with E-state index >= 15 is 0 Å². The van der Waals surface area contributed by atoms with E-state index in [1.165, 1.54) is 0 Å². The first kappa shape index (κ1) is 16.6. The average molecular weight is 279 g/mol. The first-order valence-electron chi connectivity index (χ1n) is 6.89. The summed E-state index contributed by atoms with van der Waals surface area (Å²) in [6.45, 7) is 1.07. The molecule has 0 radical (unpaired) electrons. The standard InChI is InChI=1S/C15H25N3O2/c1-17-15(20)8-9-18(2)11-14(19)13(16)10-12-6-4-3-5-7-12/h3-7,13-14,19H,8-11,16H2,1-2H3,(H,17,20). The number of aliphatic hydroxyl groups excluding tert-OH is 1. The Kier molecular flexibility index (Phi) is 7.22. The lowest BCUT2D eigenvalue weighted by Gasteiger charge is -2.24. The van der Waals surface area contributed by atoms with Crippen LogP contribution in [0, 0.1) is 0 Å². The molecule has 112 valence electrons. The van der Waals surface area contributed by atoms with Crippen molar-refractivity contribution < 1.29 is 9.90 Å². The van der Waals surface area contributed by atoms with E-state index in [9.17, 15) is 9.90 Å². The number of benzene rings is 1. The highest BCUT2D eigenvalue weighted by molar-refractivity contribution is 5.75. The van der Waals surface area contributed by atoms with E-state index in [0.717, 1.165) is 5.56 Å². The number of nitrogens with one attached hydrogen (secondary N) is 1. The molecule has 0 heterocycles. The van der Waals surface area contributed by atoms with Crippen molar-refractivity contribution in [1.29, 1.82) is 0 Å². The highest BCUT2D eigenvalue weighted by Gasteiger charge is 2.17. The van der Waals surface area contributed by atoms with Gasteiger partial charge >= 0.3 is 0 Å². The van der Waals surface area contributed by atoms with Crippen LogP contribution in [0.1, 0.15) is 12.0 Å². The molecule has 0 saturated carbocycles. The number of carbonyl (C=O) groups excluding carboxylic acids is 1. The lowest BCUT2D eigenvalue weighted by Crippen LogP contribution is -2.44. The Balaban J connectivity index is 2.33. The molecule has 0 aromatic heterocycles. The van der Waals surface area contributed by atoms with E-state index in [-0.39, 0.29) is 11.9 Å². The number of amides is 1.